The molecule has 142 valence electrons. The molecule has 2 fully saturated rings. The third-order valence-electron chi connectivity index (χ3n) is 5.16. The first-order valence-corrected chi connectivity index (χ1v) is 9.48. The molecule has 1 aromatic carbocycles. The number of hydrogen-bond acceptors (Lipinski definition) is 4. The fraction of sp³-hybridized carbons (Fsp3) is 0.600. The van der Waals surface area contributed by atoms with Crippen molar-refractivity contribution in [3.8, 4) is 5.75 Å². The molecule has 0 bridgehead atoms. The highest BCUT2D eigenvalue weighted by molar-refractivity contribution is 5.79. The van der Waals surface area contributed by atoms with Crippen LogP contribution in [0.1, 0.15) is 38.2 Å². The van der Waals surface area contributed by atoms with Gasteiger partial charge < -0.3 is 19.7 Å². The number of rotatable bonds is 6. The van der Waals surface area contributed by atoms with Crippen LogP contribution in [0.3, 0.4) is 0 Å². The van der Waals surface area contributed by atoms with Crippen LogP contribution in [0.4, 0.5) is 0 Å². The maximum atomic E-state index is 12.3. The molecular weight excluding hydrogens is 332 g/mol. The standard InChI is InChI=1S/C20H28N2O4/c1-15(23)22-10-8-17(9-11-22)20(24)21-13-16-4-6-18(7-5-16)26-14-19-3-2-12-25-19/h4-7,17,19H,2-3,8-14H2,1H3,(H,21,24). The van der Waals surface area contributed by atoms with E-state index in [1.165, 1.54) is 0 Å². The molecule has 0 aliphatic carbocycles. The van der Waals surface area contributed by atoms with E-state index >= 15 is 0 Å². The zero-order valence-corrected chi connectivity index (χ0v) is 15.4. The van der Waals surface area contributed by atoms with Crippen LogP contribution in [0.5, 0.6) is 5.75 Å². The monoisotopic (exact) mass is 360 g/mol. The van der Waals surface area contributed by atoms with Crippen LogP contribution in [-0.2, 0) is 20.9 Å². The second-order valence-electron chi connectivity index (χ2n) is 7.09. The molecule has 2 aliphatic rings. The Morgan fingerprint density at radius 3 is 2.54 bits per heavy atom. The van der Waals surface area contributed by atoms with Crippen LogP contribution in [0.25, 0.3) is 0 Å². The SMILES string of the molecule is CC(=O)N1CCC(C(=O)NCc2ccc(OCC3CCCO3)cc2)CC1. The first-order valence-electron chi connectivity index (χ1n) is 9.48. The van der Waals surface area contributed by atoms with Crippen LogP contribution in [-0.4, -0.2) is 49.1 Å². The van der Waals surface area contributed by atoms with Crippen LogP contribution in [0.2, 0.25) is 0 Å². The van der Waals surface area contributed by atoms with Crippen molar-refractivity contribution in [3.05, 3.63) is 29.8 Å². The molecule has 1 N–H and O–H groups in total. The highest BCUT2D eigenvalue weighted by Gasteiger charge is 2.25. The lowest BCUT2D eigenvalue weighted by Gasteiger charge is -2.30. The summed E-state index contributed by atoms with van der Waals surface area (Å²) in [5.41, 5.74) is 1.05. The van der Waals surface area contributed by atoms with Gasteiger partial charge in [-0.1, -0.05) is 12.1 Å². The molecule has 2 amide bonds. The minimum absolute atomic E-state index is 0.000354. The average Bonchev–Trinajstić information content (AvgIpc) is 3.19. The third kappa shape index (κ3) is 5.21. The molecular formula is C20H28N2O4. The molecule has 2 heterocycles. The molecule has 1 unspecified atom stereocenters. The van der Waals surface area contributed by atoms with E-state index in [2.05, 4.69) is 5.32 Å². The Balaban J connectivity index is 1.38. The molecule has 1 aromatic rings. The van der Waals surface area contributed by atoms with Crippen molar-refractivity contribution in [1.82, 2.24) is 10.2 Å². The van der Waals surface area contributed by atoms with E-state index < -0.39 is 0 Å². The van der Waals surface area contributed by atoms with E-state index in [0.717, 1.165) is 43.6 Å². The summed E-state index contributed by atoms with van der Waals surface area (Å²) >= 11 is 0. The Kier molecular flexibility index (Phi) is 6.50. The van der Waals surface area contributed by atoms with Crippen LogP contribution >= 0.6 is 0 Å². The molecule has 0 radical (unpaired) electrons. The Morgan fingerprint density at radius 1 is 1.19 bits per heavy atom. The molecule has 3 rings (SSSR count). The van der Waals surface area contributed by atoms with E-state index in [4.69, 9.17) is 9.47 Å². The van der Waals surface area contributed by atoms with Gasteiger partial charge in [-0.15, -0.1) is 0 Å². The summed E-state index contributed by atoms with van der Waals surface area (Å²) in [6.45, 7) is 4.86. The van der Waals surface area contributed by atoms with Gasteiger partial charge in [0, 0.05) is 39.1 Å². The van der Waals surface area contributed by atoms with E-state index in [9.17, 15) is 9.59 Å². The number of likely N-dealkylation sites (tertiary alicyclic amines) is 1. The summed E-state index contributed by atoms with van der Waals surface area (Å²) in [6.07, 6.45) is 3.86. The molecule has 0 spiro atoms. The fourth-order valence-electron chi connectivity index (χ4n) is 3.46. The molecule has 2 saturated heterocycles. The Hall–Kier alpha value is -2.08. The lowest BCUT2D eigenvalue weighted by molar-refractivity contribution is -0.134. The summed E-state index contributed by atoms with van der Waals surface area (Å²) in [5, 5.41) is 3.01. The van der Waals surface area contributed by atoms with Gasteiger partial charge in [0.15, 0.2) is 0 Å². The van der Waals surface area contributed by atoms with Gasteiger partial charge in [-0.05, 0) is 43.4 Å². The normalized spacial score (nSPS) is 20.8. The summed E-state index contributed by atoms with van der Waals surface area (Å²) in [7, 11) is 0. The van der Waals surface area contributed by atoms with Crippen molar-refractivity contribution in [1.29, 1.82) is 0 Å². The Labute approximate surface area is 154 Å². The van der Waals surface area contributed by atoms with Crippen LogP contribution in [0.15, 0.2) is 24.3 Å². The van der Waals surface area contributed by atoms with E-state index in [1.807, 2.05) is 24.3 Å². The van der Waals surface area contributed by atoms with E-state index in [1.54, 1.807) is 11.8 Å². The lowest BCUT2D eigenvalue weighted by atomic mass is 9.96. The predicted molar refractivity (Wildman–Crippen MR) is 97.7 cm³/mol. The maximum absolute atomic E-state index is 12.3. The highest BCUT2D eigenvalue weighted by atomic mass is 16.5. The molecule has 6 nitrogen and oxygen atoms in total. The summed E-state index contributed by atoms with van der Waals surface area (Å²) in [6, 6.07) is 7.82. The minimum Gasteiger partial charge on any atom is -0.491 e. The van der Waals surface area contributed by atoms with E-state index in [-0.39, 0.29) is 23.8 Å². The van der Waals surface area contributed by atoms with Crippen molar-refractivity contribution in [2.24, 2.45) is 5.92 Å². The number of piperidine rings is 1. The fourth-order valence-corrected chi connectivity index (χ4v) is 3.46. The van der Waals surface area contributed by atoms with Crippen molar-refractivity contribution in [3.63, 3.8) is 0 Å². The first-order chi connectivity index (χ1) is 12.6. The number of nitrogens with zero attached hydrogens (tertiary/aromatic N) is 1. The minimum atomic E-state index is -0.000354. The summed E-state index contributed by atoms with van der Waals surface area (Å²) < 4.78 is 11.3. The van der Waals surface area contributed by atoms with Gasteiger partial charge in [0.2, 0.25) is 11.8 Å². The maximum Gasteiger partial charge on any atom is 0.223 e. The van der Waals surface area contributed by atoms with Gasteiger partial charge >= 0.3 is 0 Å². The molecule has 0 saturated carbocycles. The second kappa shape index (κ2) is 9.03. The van der Waals surface area contributed by atoms with Gasteiger partial charge in [-0.25, -0.2) is 0 Å². The van der Waals surface area contributed by atoms with E-state index in [0.29, 0.717) is 26.2 Å². The molecule has 6 heteroatoms. The smallest absolute Gasteiger partial charge is 0.223 e. The topological polar surface area (TPSA) is 67.9 Å². The molecule has 2 aliphatic heterocycles. The summed E-state index contributed by atoms with van der Waals surface area (Å²) in [4.78, 5) is 25.5. The lowest BCUT2D eigenvalue weighted by Crippen LogP contribution is -2.42. The number of amides is 2. The van der Waals surface area contributed by atoms with Crippen molar-refractivity contribution in [2.45, 2.75) is 45.3 Å². The van der Waals surface area contributed by atoms with Crippen molar-refractivity contribution >= 4 is 11.8 Å². The van der Waals surface area contributed by atoms with Crippen molar-refractivity contribution in [2.75, 3.05) is 26.3 Å². The van der Waals surface area contributed by atoms with Gasteiger partial charge in [0.1, 0.15) is 12.4 Å². The Morgan fingerprint density at radius 2 is 1.92 bits per heavy atom. The zero-order chi connectivity index (χ0) is 18.4. The Bertz CT molecular complexity index is 603. The number of carbonyl (C=O) groups is 2. The third-order valence-corrected chi connectivity index (χ3v) is 5.16. The first kappa shape index (κ1) is 18.7. The number of nitrogens with one attached hydrogen (secondary N) is 1. The number of carbonyl (C=O) groups excluding carboxylic acids is 2. The highest BCUT2D eigenvalue weighted by Crippen LogP contribution is 2.19. The van der Waals surface area contributed by atoms with Gasteiger partial charge in [0.25, 0.3) is 0 Å². The molecule has 0 aromatic heterocycles. The van der Waals surface area contributed by atoms with Gasteiger partial charge in [-0.3, -0.25) is 9.59 Å². The number of benzene rings is 1. The molecule has 1 atom stereocenters. The summed E-state index contributed by atoms with van der Waals surface area (Å²) in [5.74, 6) is 0.990. The van der Waals surface area contributed by atoms with Crippen LogP contribution < -0.4 is 10.1 Å². The predicted octanol–water partition coefficient (Wildman–Crippen LogP) is 2.12. The quantitative estimate of drug-likeness (QED) is 0.844. The number of hydrogen-bond donors (Lipinski definition) is 1. The molecule has 26 heavy (non-hydrogen) atoms. The average molecular weight is 360 g/mol. The van der Waals surface area contributed by atoms with Crippen LogP contribution in [0, 0.1) is 5.92 Å². The van der Waals surface area contributed by atoms with Gasteiger partial charge in [0.05, 0.1) is 6.10 Å². The largest absolute Gasteiger partial charge is 0.491 e. The number of ether oxygens (including phenoxy) is 2. The van der Waals surface area contributed by atoms with Crippen molar-refractivity contribution < 1.29 is 19.1 Å². The zero-order valence-electron chi connectivity index (χ0n) is 15.4. The second-order valence-corrected chi connectivity index (χ2v) is 7.09. The van der Waals surface area contributed by atoms with Gasteiger partial charge in [-0.2, -0.15) is 0 Å².